The van der Waals surface area contributed by atoms with Crippen molar-refractivity contribution in [1.82, 2.24) is 14.8 Å². The molecule has 1 saturated heterocycles. The molecule has 0 saturated carbocycles. The van der Waals surface area contributed by atoms with Crippen LogP contribution in [0.3, 0.4) is 0 Å². The predicted molar refractivity (Wildman–Crippen MR) is 107 cm³/mol. The zero-order valence-corrected chi connectivity index (χ0v) is 16.5. The molecular formula is C21H23N3O2S. The number of thiazole rings is 1. The van der Waals surface area contributed by atoms with E-state index < -0.39 is 0 Å². The van der Waals surface area contributed by atoms with Crippen LogP contribution in [0.25, 0.3) is 10.4 Å². The monoisotopic (exact) mass is 381 g/mol. The molecule has 1 fully saturated rings. The molecule has 0 radical (unpaired) electrons. The number of furan rings is 1. The summed E-state index contributed by atoms with van der Waals surface area (Å²) in [6.45, 7) is 8.07. The molecule has 0 unspecified atom stereocenters. The number of piperazine rings is 1. The van der Waals surface area contributed by atoms with Crippen molar-refractivity contribution in [3.63, 3.8) is 0 Å². The van der Waals surface area contributed by atoms with Crippen LogP contribution in [0.5, 0.6) is 0 Å². The smallest absolute Gasteiger partial charge is 0.253 e. The molecule has 1 amide bonds. The number of aryl methyl sites for hydroxylation is 2. The van der Waals surface area contributed by atoms with Crippen LogP contribution in [-0.2, 0) is 6.54 Å². The third kappa shape index (κ3) is 3.96. The van der Waals surface area contributed by atoms with Crippen LogP contribution in [0.4, 0.5) is 0 Å². The van der Waals surface area contributed by atoms with Crippen molar-refractivity contribution in [3.05, 3.63) is 64.7 Å². The first kappa shape index (κ1) is 17.9. The molecule has 0 atom stereocenters. The van der Waals surface area contributed by atoms with Crippen LogP contribution < -0.4 is 0 Å². The molecule has 4 rings (SSSR count). The Hall–Kier alpha value is -2.44. The molecule has 0 bridgehead atoms. The molecule has 140 valence electrons. The molecule has 2 aromatic heterocycles. The Morgan fingerprint density at radius 3 is 2.44 bits per heavy atom. The largest absolute Gasteiger partial charge is 0.468 e. The van der Waals surface area contributed by atoms with Crippen molar-refractivity contribution >= 4 is 17.2 Å². The first-order valence-corrected chi connectivity index (χ1v) is 10.0. The van der Waals surface area contributed by atoms with Gasteiger partial charge in [-0.3, -0.25) is 9.69 Å². The Morgan fingerprint density at radius 1 is 1.11 bits per heavy atom. The Morgan fingerprint density at radius 2 is 1.85 bits per heavy atom. The Kier molecular flexibility index (Phi) is 5.09. The second-order valence-electron chi connectivity index (χ2n) is 6.87. The first-order valence-electron chi connectivity index (χ1n) is 9.18. The number of carbonyl (C=O) groups is 1. The molecule has 1 aliphatic heterocycles. The zero-order chi connectivity index (χ0) is 18.8. The van der Waals surface area contributed by atoms with Gasteiger partial charge < -0.3 is 9.32 Å². The lowest BCUT2D eigenvalue weighted by Gasteiger charge is -2.34. The molecule has 27 heavy (non-hydrogen) atoms. The van der Waals surface area contributed by atoms with Gasteiger partial charge in [0.05, 0.1) is 28.4 Å². The van der Waals surface area contributed by atoms with Gasteiger partial charge in [0.15, 0.2) is 0 Å². The van der Waals surface area contributed by atoms with E-state index in [0.29, 0.717) is 0 Å². The minimum Gasteiger partial charge on any atom is -0.468 e. The summed E-state index contributed by atoms with van der Waals surface area (Å²) in [7, 11) is 0. The Bertz CT molecular complexity index is 908. The Labute approximate surface area is 163 Å². The van der Waals surface area contributed by atoms with Crippen molar-refractivity contribution in [2.24, 2.45) is 0 Å². The normalized spacial score (nSPS) is 15.3. The van der Waals surface area contributed by atoms with Gasteiger partial charge in [0.2, 0.25) is 0 Å². The van der Waals surface area contributed by atoms with E-state index in [2.05, 4.69) is 9.88 Å². The van der Waals surface area contributed by atoms with Crippen LogP contribution in [0.1, 0.15) is 26.8 Å². The van der Waals surface area contributed by atoms with E-state index in [1.807, 2.05) is 55.1 Å². The highest BCUT2D eigenvalue weighted by molar-refractivity contribution is 7.15. The molecule has 6 heteroatoms. The van der Waals surface area contributed by atoms with Crippen molar-refractivity contribution in [1.29, 1.82) is 0 Å². The lowest BCUT2D eigenvalue weighted by Crippen LogP contribution is -2.48. The zero-order valence-electron chi connectivity index (χ0n) is 15.6. The van der Waals surface area contributed by atoms with Crippen LogP contribution in [0, 0.1) is 13.8 Å². The Balaban J connectivity index is 1.38. The summed E-state index contributed by atoms with van der Waals surface area (Å²) in [6.07, 6.45) is 1.70. The standard InChI is InChI=1S/C21H23N3O2S/c1-15-20(27-16(2)22-15)17-5-7-18(8-6-17)21(25)24-11-9-23(10-12-24)14-19-4-3-13-26-19/h3-8,13H,9-12,14H2,1-2H3. The van der Waals surface area contributed by atoms with Crippen molar-refractivity contribution in [2.45, 2.75) is 20.4 Å². The van der Waals surface area contributed by atoms with Crippen LogP contribution in [0.2, 0.25) is 0 Å². The van der Waals surface area contributed by atoms with E-state index in [1.165, 1.54) is 4.88 Å². The minimum atomic E-state index is 0.108. The van der Waals surface area contributed by atoms with E-state index in [4.69, 9.17) is 4.42 Å². The highest BCUT2D eigenvalue weighted by atomic mass is 32.1. The fraction of sp³-hybridized carbons (Fsp3) is 0.333. The van der Waals surface area contributed by atoms with E-state index in [9.17, 15) is 4.79 Å². The third-order valence-corrected chi connectivity index (χ3v) is 6.04. The van der Waals surface area contributed by atoms with E-state index in [0.717, 1.165) is 60.3 Å². The van der Waals surface area contributed by atoms with Gasteiger partial charge in [0.25, 0.3) is 5.91 Å². The summed E-state index contributed by atoms with van der Waals surface area (Å²) in [6, 6.07) is 11.8. The topological polar surface area (TPSA) is 49.6 Å². The van der Waals surface area contributed by atoms with Gasteiger partial charge >= 0.3 is 0 Å². The molecule has 0 aliphatic carbocycles. The lowest BCUT2D eigenvalue weighted by atomic mass is 10.1. The fourth-order valence-electron chi connectivity index (χ4n) is 3.48. The number of hydrogen-bond acceptors (Lipinski definition) is 5. The van der Waals surface area contributed by atoms with Gasteiger partial charge in [-0.1, -0.05) is 12.1 Å². The summed E-state index contributed by atoms with van der Waals surface area (Å²) >= 11 is 1.69. The third-order valence-electron chi connectivity index (χ3n) is 4.92. The summed E-state index contributed by atoms with van der Waals surface area (Å²) < 4.78 is 5.41. The average molecular weight is 382 g/mol. The highest BCUT2D eigenvalue weighted by Gasteiger charge is 2.22. The quantitative estimate of drug-likeness (QED) is 0.686. The number of hydrogen-bond donors (Lipinski definition) is 0. The number of aromatic nitrogens is 1. The summed E-state index contributed by atoms with van der Waals surface area (Å²) in [5.41, 5.74) is 2.92. The molecule has 3 heterocycles. The van der Waals surface area contributed by atoms with Crippen molar-refractivity contribution < 1.29 is 9.21 Å². The van der Waals surface area contributed by atoms with Gasteiger partial charge in [-0.2, -0.15) is 0 Å². The number of amides is 1. The van der Waals surface area contributed by atoms with Gasteiger partial charge in [-0.25, -0.2) is 4.98 Å². The molecule has 3 aromatic rings. The molecule has 5 nitrogen and oxygen atoms in total. The summed E-state index contributed by atoms with van der Waals surface area (Å²) in [5.74, 6) is 1.08. The number of rotatable bonds is 4. The number of benzene rings is 1. The molecule has 1 aliphatic rings. The van der Waals surface area contributed by atoms with E-state index in [-0.39, 0.29) is 5.91 Å². The second kappa shape index (κ2) is 7.66. The maximum absolute atomic E-state index is 12.8. The van der Waals surface area contributed by atoms with E-state index in [1.54, 1.807) is 17.6 Å². The number of carbonyl (C=O) groups excluding carboxylic acids is 1. The fourth-order valence-corrected chi connectivity index (χ4v) is 4.40. The van der Waals surface area contributed by atoms with Gasteiger partial charge in [-0.15, -0.1) is 11.3 Å². The number of nitrogens with zero attached hydrogens (tertiary/aromatic N) is 3. The van der Waals surface area contributed by atoms with Gasteiger partial charge in [-0.05, 0) is 43.7 Å². The molecule has 0 spiro atoms. The maximum Gasteiger partial charge on any atom is 0.253 e. The van der Waals surface area contributed by atoms with Crippen molar-refractivity contribution in [3.8, 4) is 10.4 Å². The lowest BCUT2D eigenvalue weighted by molar-refractivity contribution is 0.0620. The predicted octanol–water partition coefficient (Wildman–Crippen LogP) is 3.98. The summed E-state index contributed by atoms with van der Waals surface area (Å²) in [4.78, 5) is 22.7. The molecule has 1 aromatic carbocycles. The van der Waals surface area contributed by atoms with Crippen LogP contribution >= 0.6 is 11.3 Å². The van der Waals surface area contributed by atoms with Gasteiger partial charge in [0, 0.05) is 31.7 Å². The van der Waals surface area contributed by atoms with Crippen LogP contribution in [0.15, 0.2) is 47.1 Å². The SMILES string of the molecule is Cc1nc(C)c(-c2ccc(C(=O)N3CCN(Cc4ccco4)CC3)cc2)s1. The minimum absolute atomic E-state index is 0.108. The summed E-state index contributed by atoms with van der Waals surface area (Å²) in [5, 5.41) is 1.06. The molecular weight excluding hydrogens is 358 g/mol. The van der Waals surface area contributed by atoms with Gasteiger partial charge in [0.1, 0.15) is 5.76 Å². The van der Waals surface area contributed by atoms with E-state index >= 15 is 0 Å². The first-order chi connectivity index (χ1) is 13.1. The second-order valence-corrected chi connectivity index (χ2v) is 8.08. The van der Waals surface area contributed by atoms with Crippen LogP contribution in [-0.4, -0.2) is 46.9 Å². The maximum atomic E-state index is 12.8. The highest BCUT2D eigenvalue weighted by Crippen LogP contribution is 2.29. The van der Waals surface area contributed by atoms with Crippen molar-refractivity contribution in [2.75, 3.05) is 26.2 Å². The average Bonchev–Trinajstić information content (AvgIpc) is 3.31. The molecule has 0 N–H and O–H groups in total.